The first-order valence-electron chi connectivity index (χ1n) is 27.1. The first-order valence-corrected chi connectivity index (χ1v) is 30.5. The minimum atomic E-state index is -3.39. The molecule has 0 aromatic heterocycles. The van der Waals surface area contributed by atoms with Gasteiger partial charge in [0, 0.05) is 76.9 Å². The highest BCUT2D eigenvalue weighted by molar-refractivity contribution is 7.83. The molecule has 382 valence electrons. The Balaban J connectivity index is 0.933. The van der Waals surface area contributed by atoms with Gasteiger partial charge in [-0.25, -0.2) is 0 Å². The van der Waals surface area contributed by atoms with Crippen molar-refractivity contribution in [2.75, 3.05) is 0 Å². The van der Waals surface area contributed by atoms with Gasteiger partial charge in [0.1, 0.15) is 0 Å². The van der Waals surface area contributed by atoms with E-state index in [-0.39, 0.29) is 0 Å². The molecule has 0 amide bonds. The summed E-state index contributed by atoms with van der Waals surface area (Å²) in [6.45, 7) is 0. The van der Waals surface area contributed by atoms with Gasteiger partial charge in [-0.15, -0.1) is 0 Å². The summed E-state index contributed by atoms with van der Waals surface area (Å²) in [5.41, 5.74) is 15.3. The molecule has 13 aromatic carbocycles. The predicted molar refractivity (Wildman–Crippen MR) is 345 cm³/mol. The molecule has 0 N–H and O–H groups in total. The Labute approximate surface area is 478 Å². The van der Waals surface area contributed by atoms with E-state index >= 15 is 9.13 Å². The average Bonchev–Trinajstić information content (AvgIpc) is 3.72. The topological polar surface area (TPSA) is 34.1 Å². The van der Waals surface area contributed by atoms with Crippen molar-refractivity contribution in [1.82, 2.24) is 0 Å². The maximum absolute atomic E-state index is 15.3. The lowest BCUT2D eigenvalue weighted by Gasteiger charge is -2.16. The third-order valence-corrected chi connectivity index (χ3v) is 19.9. The summed E-state index contributed by atoms with van der Waals surface area (Å²) < 4.78 is 30.6. The van der Waals surface area contributed by atoms with E-state index in [0.717, 1.165) is 98.7 Å². The Hall–Kier alpha value is -10.4. The van der Waals surface area contributed by atoms with Crippen molar-refractivity contribution in [2.24, 2.45) is 0 Å². The Morgan fingerprint density at radius 1 is 0.220 bits per heavy atom. The average molecular weight is 1080 g/mol. The predicted octanol–water partition coefficient (Wildman–Crippen LogP) is 17.1. The van der Waals surface area contributed by atoms with Crippen LogP contribution in [-0.4, -0.2) is 0 Å². The zero-order chi connectivity index (χ0) is 55.3. The van der Waals surface area contributed by atoms with E-state index in [1.54, 1.807) is 0 Å². The molecule has 0 bridgehead atoms. The van der Waals surface area contributed by atoms with Crippen LogP contribution < -0.4 is 21.2 Å². The second kappa shape index (κ2) is 22.4. The van der Waals surface area contributed by atoms with Gasteiger partial charge in [0.15, 0.2) is 0 Å². The smallest absolute Gasteiger partial charge is 0.211 e. The Bertz CT molecular complexity index is 4600. The van der Waals surface area contributed by atoms with Crippen molar-refractivity contribution in [2.45, 2.75) is 0 Å². The third-order valence-electron chi connectivity index (χ3n) is 14.9. The van der Waals surface area contributed by atoms with Crippen LogP contribution in [0.3, 0.4) is 0 Å². The van der Waals surface area contributed by atoms with Gasteiger partial charge in [0.2, 0.25) is 14.3 Å². The summed E-state index contributed by atoms with van der Waals surface area (Å²) in [7, 11) is -6.78. The SMILES string of the molecule is O=P(C#Cc1ccc2ccccc2c1-c1c(C#Cc2cccc(C#Cc3ccc4ccccc4c3-c3c(C#CP(=O)(c4ccccc4)c4ccccc4)ccc4ccccc34)c2)ccc2ccccc12)(c1ccccc1)c1ccccc1. The van der Waals surface area contributed by atoms with Gasteiger partial charge in [-0.2, -0.15) is 0 Å². The molecule has 13 rings (SSSR count). The molecule has 0 unspecified atom stereocenters. The molecule has 0 heterocycles. The van der Waals surface area contributed by atoms with Crippen LogP contribution in [0.4, 0.5) is 0 Å². The lowest BCUT2D eigenvalue weighted by atomic mass is 9.87. The Morgan fingerprint density at radius 2 is 0.476 bits per heavy atom. The lowest BCUT2D eigenvalue weighted by Crippen LogP contribution is -2.14. The molecule has 0 saturated heterocycles. The maximum atomic E-state index is 15.3. The number of hydrogen-bond donors (Lipinski definition) is 0. The monoisotopic (exact) mass is 1080 g/mol. The summed E-state index contributed by atoms with van der Waals surface area (Å²) in [4.78, 5) is 0. The lowest BCUT2D eigenvalue weighted by molar-refractivity contribution is 0.592. The van der Waals surface area contributed by atoms with Crippen molar-refractivity contribution in [3.05, 3.63) is 325 Å². The highest BCUT2D eigenvalue weighted by Gasteiger charge is 2.27. The van der Waals surface area contributed by atoms with Crippen molar-refractivity contribution in [3.63, 3.8) is 0 Å². The largest absolute Gasteiger partial charge is 0.300 e. The van der Waals surface area contributed by atoms with Crippen molar-refractivity contribution >= 4 is 78.6 Å². The minimum Gasteiger partial charge on any atom is -0.300 e. The molecule has 0 saturated carbocycles. The van der Waals surface area contributed by atoms with Crippen LogP contribution in [-0.2, 0) is 9.13 Å². The van der Waals surface area contributed by atoms with Gasteiger partial charge in [-0.1, -0.05) is 284 Å². The standard InChI is InChI=1S/C78H48O2P2/c79-81(67-28-5-1-6-29-67,68-30-7-2-8-31-68)54-52-65-50-46-61-26-15-19-38-73(61)77(65)75-63(48-44-59-24-13-17-36-71(59)75)42-40-57-22-21-23-58(56-57)41-43-64-49-45-60-25-14-18-37-72(60)76(64)78-66(51-47-62-27-16-20-39-74(62)78)53-55-82(80,69-32-9-3-10-33-69)70-34-11-4-12-35-70/h1-39,44-51,56H. The van der Waals surface area contributed by atoms with Gasteiger partial charge in [0.05, 0.1) is 0 Å². The second-order valence-corrected chi connectivity index (χ2v) is 24.9. The molecule has 82 heavy (non-hydrogen) atoms. The molecular formula is C78H48O2P2. The van der Waals surface area contributed by atoms with E-state index < -0.39 is 14.3 Å². The number of benzene rings is 13. The second-order valence-electron chi connectivity index (χ2n) is 20.0. The molecule has 13 aromatic rings. The number of fused-ring (bicyclic) bond motifs is 4. The quantitative estimate of drug-likeness (QED) is 0.123. The van der Waals surface area contributed by atoms with Gasteiger partial charge in [-0.3, -0.25) is 9.13 Å². The first-order chi connectivity index (χ1) is 40.4. The zero-order valence-electron chi connectivity index (χ0n) is 44.4. The van der Waals surface area contributed by atoms with Crippen molar-refractivity contribution < 1.29 is 9.13 Å². The normalized spacial score (nSPS) is 11.1. The van der Waals surface area contributed by atoms with Crippen LogP contribution in [0, 0.1) is 46.8 Å². The molecule has 0 aliphatic rings. The van der Waals surface area contributed by atoms with Crippen LogP contribution in [0.15, 0.2) is 291 Å². The molecule has 0 aliphatic heterocycles. The van der Waals surface area contributed by atoms with E-state index in [1.807, 2.05) is 158 Å². The van der Waals surface area contributed by atoms with E-state index in [2.05, 4.69) is 180 Å². The van der Waals surface area contributed by atoms with Crippen molar-refractivity contribution in [1.29, 1.82) is 0 Å². The minimum absolute atomic E-state index is 0.689. The van der Waals surface area contributed by atoms with E-state index in [4.69, 9.17) is 0 Å². The fraction of sp³-hybridized carbons (Fsp3) is 0. The third kappa shape index (κ3) is 9.93. The molecule has 2 nitrogen and oxygen atoms in total. The fourth-order valence-corrected chi connectivity index (χ4v) is 15.0. The number of rotatable bonds is 6. The molecule has 0 fully saturated rings. The molecule has 0 radical (unpaired) electrons. The van der Waals surface area contributed by atoms with E-state index in [9.17, 15) is 0 Å². The van der Waals surface area contributed by atoms with Gasteiger partial charge in [-0.05, 0) is 96.9 Å². The van der Waals surface area contributed by atoms with Crippen molar-refractivity contribution in [3.8, 4) is 69.1 Å². The summed E-state index contributed by atoms with van der Waals surface area (Å²) in [5.74, 6) is 21.3. The van der Waals surface area contributed by atoms with E-state index in [0.29, 0.717) is 21.2 Å². The van der Waals surface area contributed by atoms with Crippen LogP contribution >= 0.6 is 14.3 Å². The molecular weight excluding hydrogens is 1030 g/mol. The Kier molecular flexibility index (Phi) is 13.9. The Morgan fingerprint density at radius 3 is 0.768 bits per heavy atom. The summed E-state index contributed by atoms with van der Waals surface area (Å²) in [6.07, 6.45) is 0. The first kappa shape index (κ1) is 51.1. The highest BCUT2D eigenvalue weighted by atomic mass is 31.2. The summed E-state index contributed by atoms with van der Waals surface area (Å²) >= 11 is 0. The molecule has 0 atom stereocenters. The number of hydrogen-bond acceptors (Lipinski definition) is 2. The van der Waals surface area contributed by atoms with Gasteiger partial charge >= 0.3 is 0 Å². The molecule has 4 heteroatoms. The zero-order valence-corrected chi connectivity index (χ0v) is 46.2. The van der Waals surface area contributed by atoms with Crippen LogP contribution in [0.2, 0.25) is 0 Å². The van der Waals surface area contributed by atoms with Crippen LogP contribution in [0.5, 0.6) is 0 Å². The van der Waals surface area contributed by atoms with Gasteiger partial charge < -0.3 is 0 Å². The van der Waals surface area contributed by atoms with E-state index in [1.165, 1.54) is 0 Å². The fourth-order valence-electron chi connectivity index (χ4n) is 10.9. The summed E-state index contributed by atoms with van der Waals surface area (Å²) in [5, 5.41) is 11.1. The van der Waals surface area contributed by atoms with Gasteiger partial charge in [0.25, 0.3) is 0 Å². The molecule has 0 spiro atoms. The molecule has 0 aliphatic carbocycles. The maximum Gasteiger partial charge on any atom is 0.211 e. The van der Waals surface area contributed by atoms with Crippen LogP contribution in [0.25, 0.3) is 65.3 Å². The van der Waals surface area contributed by atoms with Crippen LogP contribution in [0.1, 0.15) is 33.4 Å². The highest BCUT2D eigenvalue weighted by Crippen LogP contribution is 2.46. The summed E-state index contributed by atoms with van der Waals surface area (Å²) in [6, 6.07) is 96.6.